The van der Waals surface area contributed by atoms with Crippen LogP contribution in [0.2, 0.25) is 0 Å². The lowest BCUT2D eigenvalue weighted by atomic mass is 10.3. The van der Waals surface area contributed by atoms with Gasteiger partial charge in [0.05, 0.1) is 5.52 Å². The van der Waals surface area contributed by atoms with Gasteiger partial charge in [0, 0.05) is 25.1 Å². The fourth-order valence-electron chi connectivity index (χ4n) is 1.89. The predicted molar refractivity (Wildman–Crippen MR) is 60.7 cm³/mol. The second kappa shape index (κ2) is 4.07. The van der Waals surface area contributed by atoms with Crippen molar-refractivity contribution in [2.75, 3.05) is 6.54 Å². The molecule has 2 aromatic rings. The number of nitrogens with one attached hydrogen (secondary N) is 2. The Labute approximate surface area is 97.2 Å². The topological polar surface area (TPSA) is 40.7 Å². The lowest BCUT2D eigenvalue weighted by Gasteiger charge is -1.98. The van der Waals surface area contributed by atoms with E-state index in [-0.39, 0.29) is 5.52 Å². The Bertz CT molecular complexity index is 546. The predicted octanol–water partition coefficient (Wildman–Crippen LogP) is 2.14. The summed E-state index contributed by atoms with van der Waals surface area (Å²) in [5.41, 5.74) is 0.636. The van der Waals surface area contributed by atoms with Crippen molar-refractivity contribution in [3.63, 3.8) is 0 Å². The van der Waals surface area contributed by atoms with Crippen LogP contribution in [0.25, 0.3) is 11.0 Å². The maximum absolute atomic E-state index is 13.4. The van der Waals surface area contributed by atoms with Crippen LogP contribution < -0.4 is 5.32 Å². The second-order valence-corrected chi connectivity index (χ2v) is 4.45. The summed E-state index contributed by atoms with van der Waals surface area (Å²) >= 11 is 0. The molecule has 2 N–H and O–H groups in total. The van der Waals surface area contributed by atoms with Crippen LogP contribution in [0.15, 0.2) is 12.1 Å². The zero-order chi connectivity index (χ0) is 11.8. The third-order valence-electron chi connectivity index (χ3n) is 2.93. The van der Waals surface area contributed by atoms with Crippen molar-refractivity contribution in [1.29, 1.82) is 0 Å². The number of rotatable bonds is 4. The van der Waals surface area contributed by atoms with E-state index in [4.69, 9.17) is 0 Å². The smallest absolute Gasteiger partial charge is 0.153 e. The molecule has 1 aromatic carbocycles. The van der Waals surface area contributed by atoms with Crippen LogP contribution in [-0.4, -0.2) is 22.6 Å². The summed E-state index contributed by atoms with van der Waals surface area (Å²) in [6.07, 6.45) is 3.17. The Morgan fingerprint density at radius 1 is 1.35 bits per heavy atom. The van der Waals surface area contributed by atoms with E-state index in [1.54, 1.807) is 0 Å². The lowest BCUT2D eigenvalue weighted by molar-refractivity contribution is 0.590. The summed E-state index contributed by atoms with van der Waals surface area (Å²) in [6, 6.07) is 2.77. The molecule has 5 heteroatoms. The van der Waals surface area contributed by atoms with Gasteiger partial charge in [-0.3, -0.25) is 0 Å². The fourth-order valence-corrected chi connectivity index (χ4v) is 1.89. The largest absolute Gasteiger partial charge is 0.342 e. The first-order valence-electron chi connectivity index (χ1n) is 5.79. The minimum atomic E-state index is -0.613. The van der Waals surface area contributed by atoms with Crippen LogP contribution >= 0.6 is 0 Å². The highest BCUT2D eigenvalue weighted by Crippen LogP contribution is 2.19. The van der Waals surface area contributed by atoms with Crippen molar-refractivity contribution < 1.29 is 8.78 Å². The summed E-state index contributed by atoms with van der Waals surface area (Å²) in [5, 5.41) is 3.35. The number of aromatic nitrogens is 2. The molecular formula is C12H13F2N3. The molecule has 1 fully saturated rings. The second-order valence-electron chi connectivity index (χ2n) is 4.45. The number of fused-ring (bicyclic) bond motifs is 1. The summed E-state index contributed by atoms with van der Waals surface area (Å²) in [4.78, 5) is 7.07. The van der Waals surface area contributed by atoms with E-state index < -0.39 is 11.6 Å². The Morgan fingerprint density at radius 2 is 2.18 bits per heavy atom. The molecule has 0 unspecified atom stereocenters. The van der Waals surface area contributed by atoms with Gasteiger partial charge in [-0.25, -0.2) is 13.8 Å². The molecule has 0 saturated heterocycles. The van der Waals surface area contributed by atoms with E-state index in [0.29, 0.717) is 23.8 Å². The van der Waals surface area contributed by atoms with Gasteiger partial charge in [-0.1, -0.05) is 0 Å². The number of H-pyrrole nitrogens is 1. The fraction of sp³-hybridized carbons (Fsp3) is 0.417. The number of aromatic amines is 1. The van der Waals surface area contributed by atoms with Crippen LogP contribution in [0.1, 0.15) is 18.7 Å². The van der Waals surface area contributed by atoms with Gasteiger partial charge in [0.15, 0.2) is 5.82 Å². The number of hydrogen-bond acceptors (Lipinski definition) is 2. The molecule has 17 heavy (non-hydrogen) atoms. The van der Waals surface area contributed by atoms with E-state index in [1.165, 1.54) is 18.9 Å². The zero-order valence-corrected chi connectivity index (χ0v) is 9.26. The first kappa shape index (κ1) is 10.7. The zero-order valence-electron chi connectivity index (χ0n) is 9.26. The average Bonchev–Trinajstić information content (AvgIpc) is 2.98. The first-order chi connectivity index (χ1) is 8.22. The molecular weight excluding hydrogens is 224 g/mol. The van der Waals surface area contributed by atoms with Gasteiger partial charge < -0.3 is 10.3 Å². The highest BCUT2D eigenvalue weighted by atomic mass is 19.1. The minimum absolute atomic E-state index is 0.216. The van der Waals surface area contributed by atoms with Gasteiger partial charge in [-0.15, -0.1) is 0 Å². The molecule has 1 aliphatic carbocycles. The molecule has 1 aliphatic rings. The Balaban J connectivity index is 1.77. The number of imidazole rings is 1. The van der Waals surface area contributed by atoms with Gasteiger partial charge in [0.25, 0.3) is 0 Å². The molecule has 0 bridgehead atoms. The van der Waals surface area contributed by atoms with Crippen LogP contribution in [-0.2, 0) is 6.42 Å². The molecule has 0 radical (unpaired) electrons. The van der Waals surface area contributed by atoms with E-state index in [0.717, 1.165) is 12.6 Å². The van der Waals surface area contributed by atoms with Gasteiger partial charge >= 0.3 is 0 Å². The standard InChI is InChI=1S/C12H13F2N3/c13-7-5-9(14)12-10(6-7)16-11(17-12)3-4-15-8-1-2-8/h5-6,8,15H,1-4H2,(H,16,17). The van der Waals surface area contributed by atoms with Crippen LogP contribution in [0.5, 0.6) is 0 Å². The maximum Gasteiger partial charge on any atom is 0.153 e. The van der Waals surface area contributed by atoms with E-state index in [9.17, 15) is 8.78 Å². The van der Waals surface area contributed by atoms with Crippen LogP contribution in [0.3, 0.4) is 0 Å². The highest BCUT2D eigenvalue weighted by molar-refractivity contribution is 5.75. The summed E-state index contributed by atoms with van der Waals surface area (Å²) in [7, 11) is 0. The maximum atomic E-state index is 13.4. The molecule has 90 valence electrons. The van der Waals surface area contributed by atoms with Crippen molar-refractivity contribution in [2.24, 2.45) is 0 Å². The molecule has 0 spiro atoms. The number of nitrogens with zero attached hydrogens (tertiary/aromatic N) is 1. The molecule has 0 atom stereocenters. The summed E-state index contributed by atoms with van der Waals surface area (Å²) in [5.74, 6) is -0.503. The number of benzene rings is 1. The first-order valence-corrected chi connectivity index (χ1v) is 5.79. The van der Waals surface area contributed by atoms with Crippen LogP contribution in [0.4, 0.5) is 8.78 Å². The van der Waals surface area contributed by atoms with Crippen molar-refractivity contribution in [2.45, 2.75) is 25.3 Å². The minimum Gasteiger partial charge on any atom is -0.342 e. The molecule has 1 aromatic heterocycles. The average molecular weight is 237 g/mol. The molecule has 0 aliphatic heterocycles. The van der Waals surface area contributed by atoms with E-state index >= 15 is 0 Å². The molecule has 1 saturated carbocycles. The van der Waals surface area contributed by atoms with Crippen LogP contribution in [0, 0.1) is 11.6 Å². The lowest BCUT2D eigenvalue weighted by Crippen LogP contribution is -2.19. The SMILES string of the molecule is Fc1cc(F)c2nc(CCNC3CC3)[nH]c2c1. The summed E-state index contributed by atoms with van der Waals surface area (Å²) < 4.78 is 26.4. The van der Waals surface area contributed by atoms with Crippen molar-refractivity contribution in [3.8, 4) is 0 Å². The molecule has 3 rings (SSSR count). The van der Waals surface area contributed by atoms with E-state index in [2.05, 4.69) is 15.3 Å². The van der Waals surface area contributed by atoms with E-state index in [1.807, 2.05) is 0 Å². The Kier molecular flexibility index (Phi) is 2.55. The van der Waals surface area contributed by atoms with Gasteiger partial charge in [-0.2, -0.15) is 0 Å². The van der Waals surface area contributed by atoms with Crippen molar-refractivity contribution in [3.05, 3.63) is 29.6 Å². The molecule has 0 amide bonds. The highest BCUT2D eigenvalue weighted by Gasteiger charge is 2.19. The summed E-state index contributed by atoms with van der Waals surface area (Å²) in [6.45, 7) is 0.814. The Morgan fingerprint density at radius 3 is 2.94 bits per heavy atom. The monoisotopic (exact) mass is 237 g/mol. The van der Waals surface area contributed by atoms with Gasteiger partial charge in [0.2, 0.25) is 0 Å². The Hall–Kier alpha value is -1.49. The normalized spacial score (nSPS) is 15.6. The third kappa shape index (κ3) is 2.29. The molecule has 3 nitrogen and oxygen atoms in total. The number of hydrogen-bond donors (Lipinski definition) is 2. The van der Waals surface area contributed by atoms with Crippen molar-refractivity contribution >= 4 is 11.0 Å². The van der Waals surface area contributed by atoms with Gasteiger partial charge in [0.1, 0.15) is 17.2 Å². The third-order valence-corrected chi connectivity index (χ3v) is 2.93. The van der Waals surface area contributed by atoms with Gasteiger partial charge in [-0.05, 0) is 18.9 Å². The quantitative estimate of drug-likeness (QED) is 0.855. The molecule has 1 heterocycles. The van der Waals surface area contributed by atoms with Crippen molar-refractivity contribution in [1.82, 2.24) is 15.3 Å². The number of halogens is 2.